The summed E-state index contributed by atoms with van der Waals surface area (Å²) < 4.78 is 4.03. The first-order valence-corrected chi connectivity index (χ1v) is 6.58. The molecular weight excluding hydrogens is 234 g/mol. The highest BCUT2D eigenvalue weighted by atomic mass is 32.1. The molecular formula is C11H15N5S. The molecule has 2 aromatic rings. The summed E-state index contributed by atoms with van der Waals surface area (Å²) >= 11 is 1.37. The molecule has 0 atom stereocenters. The smallest absolute Gasteiger partial charge is 0.194 e. The number of aromatic amines is 1. The molecule has 1 fully saturated rings. The van der Waals surface area contributed by atoms with E-state index < -0.39 is 0 Å². The highest BCUT2D eigenvalue weighted by Crippen LogP contribution is 2.39. The van der Waals surface area contributed by atoms with Crippen molar-refractivity contribution < 1.29 is 0 Å². The van der Waals surface area contributed by atoms with E-state index in [1.807, 2.05) is 0 Å². The van der Waals surface area contributed by atoms with Crippen molar-refractivity contribution in [1.29, 1.82) is 0 Å². The van der Waals surface area contributed by atoms with Crippen LogP contribution in [0, 0.1) is 0 Å². The second-order valence-electron chi connectivity index (χ2n) is 5.52. The van der Waals surface area contributed by atoms with Crippen LogP contribution >= 0.6 is 11.5 Å². The molecule has 1 saturated carbocycles. The number of rotatable bonds is 2. The lowest BCUT2D eigenvalue weighted by Gasteiger charge is -2.15. The van der Waals surface area contributed by atoms with Crippen LogP contribution in [0.1, 0.15) is 51.0 Å². The quantitative estimate of drug-likeness (QED) is 0.888. The van der Waals surface area contributed by atoms with Gasteiger partial charge in [-0.25, -0.2) is 4.98 Å². The molecule has 5 nitrogen and oxygen atoms in total. The van der Waals surface area contributed by atoms with Crippen molar-refractivity contribution >= 4 is 11.5 Å². The molecule has 1 aliphatic carbocycles. The molecule has 2 aromatic heterocycles. The zero-order valence-electron chi connectivity index (χ0n) is 10.2. The van der Waals surface area contributed by atoms with E-state index in [1.54, 1.807) is 0 Å². The first-order chi connectivity index (χ1) is 8.05. The Morgan fingerprint density at radius 1 is 1.29 bits per heavy atom. The van der Waals surface area contributed by atoms with Crippen molar-refractivity contribution in [1.82, 2.24) is 24.8 Å². The summed E-state index contributed by atoms with van der Waals surface area (Å²) in [5, 5.41) is 11.5. The maximum atomic E-state index is 4.55. The van der Waals surface area contributed by atoms with E-state index in [0.29, 0.717) is 5.92 Å². The fourth-order valence-electron chi connectivity index (χ4n) is 1.74. The van der Waals surface area contributed by atoms with Gasteiger partial charge in [0.15, 0.2) is 5.82 Å². The molecule has 0 saturated heterocycles. The normalized spacial score (nSPS) is 16.4. The Hall–Kier alpha value is -1.30. The van der Waals surface area contributed by atoms with Crippen LogP contribution in [0.2, 0.25) is 0 Å². The minimum atomic E-state index is -0.0251. The van der Waals surface area contributed by atoms with Gasteiger partial charge in [-0.05, 0) is 24.4 Å². The van der Waals surface area contributed by atoms with Gasteiger partial charge >= 0.3 is 0 Å². The van der Waals surface area contributed by atoms with Crippen molar-refractivity contribution in [3.63, 3.8) is 0 Å². The monoisotopic (exact) mass is 249 g/mol. The second-order valence-corrected chi connectivity index (χ2v) is 6.27. The van der Waals surface area contributed by atoms with Gasteiger partial charge in [-0.15, -0.1) is 5.10 Å². The molecule has 0 radical (unpaired) electrons. The van der Waals surface area contributed by atoms with Crippen molar-refractivity contribution in [3.05, 3.63) is 11.5 Å². The molecule has 90 valence electrons. The number of nitrogens with zero attached hydrogens (tertiary/aromatic N) is 4. The molecule has 1 N–H and O–H groups in total. The van der Waals surface area contributed by atoms with Gasteiger partial charge in [0.05, 0.1) is 5.69 Å². The minimum absolute atomic E-state index is 0.0251. The van der Waals surface area contributed by atoms with Crippen LogP contribution in [0.15, 0.2) is 0 Å². The maximum Gasteiger partial charge on any atom is 0.194 e. The molecule has 6 heteroatoms. The molecule has 2 heterocycles. The highest BCUT2D eigenvalue weighted by Gasteiger charge is 2.29. The summed E-state index contributed by atoms with van der Waals surface area (Å²) in [5.41, 5.74) is 0.951. The van der Waals surface area contributed by atoms with Crippen LogP contribution in [-0.4, -0.2) is 24.8 Å². The van der Waals surface area contributed by atoms with Gasteiger partial charge in [-0.1, -0.05) is 25.3 Å². The van der Waals surface area contributed by atoms with Gasteiger partial charge in [-0.3, -0.25) is 5.10 Å². The average molecular weight is 249 g/mol. The van der Waals surface area contributed by atoms with E-state index >= 15 is 0 Å². The van der Waals surface area contributed by atoms with Crippen LogP contribution in [0.5, 0.6) is 0 Å². The standard InChI is InChI=1S/C11H15N5S/c1-11(2,3)8-7(17-16-13-8)10-12-9(14-15-10)6-4-5-6/h6H,4-5H2,1-3H3,(H,12,14,15). The Kier molecular flexibility index (Phi) is 2.29. The van der Waals surface area contributed by atoms with E-state index in [1.165, 1.54) is 24.4 Å². The summed E-state index contributed by atoms with van der Waals surface area (Å²) in [4.78, 5) is 5.54. The van der Waals surface area contributed by atoms with E-state index in [0.717, 1.165) is 22.2 Å². The lowest BCUT2D eigenvalue weighted by atomic mass is 9.91. The zero-order valence-corrected chi connectivity index (χ0v) is 11.0. The third-order valence-electron chi connectivity index (χ3n) is 2.87. The van der Waals surface area contributed by atoms with Gasteiger partial charge in [0.25, 0.3) is 0 Å². The van der Waals surface area contributed by atoms with Crippen molar-refractivity contribution in [2.24, 2.45) is 0 Å². The van der Waals surface area contributed by atoms with E-state index in [2.05, 4.69) is 45.5 Å². The van der Waals surface area contributed by atoms with Crippen LogP contribution in [0.4, 0.5) is 0 Å². The highest BCUT2D eigenvalue weighted by molar-refractivity contribution is 7.09. The van der Waals surface area contributed by atoms with Crippen LogP contribution in [-0.2, 0) is 5.41 Å². The summed E-state index contributed by atoms with van der Waals surface area (Å²) in [6.07, 6.45) is 2.45. The van der Waals surface area contributed by atoms with E-state index in [4.69, 9.17) is 0 Å². The molecule has 0 aromatic carbocycles. The predicted octanol–water partition coefficient (Wildman–Crippen LogP) is 2.50. The van der Waals surface area contributed by atoms with Crippen molar-refractivity contribution in [3.8, 4) is 10.7 Å². The summed E-state index contributed by atoms with van der Waals surface area (Å²) in [6.45, 7) is 6.38. The van der Waals surface area contributed by atoms with E-state index in [-0.39, 0.29) is 5.41 Å². The topological polar surface area (TPSA) is 67.3 Å². The molecule has 17 heavy (non-hydrogen) atoms. The molecule has 0 aliphatic heterocycles. The number of H-pyrrole nitrogens is 1. The van der Waals surface area contributed by atoms with Gasteiger partial charge in [0, 0.05) is 11.3 Å². The number of aromatic nitrogens is 5. The van der Waals surface area contributed by atoms with Gasteiger partial charge < -0.3 is 0 Å². The maximum absolute atomic E-state index is 4.55. The van der Waals surface area contributed by atoms with Gasteiger partial charge in [-0.2, -0.15) is 5.10 Å². The Morgan fingerprint density at radius 2 is 2.06 bits per heavy atom. The van der Waals surface area contributed by atoms with Gasteiger partial charge in [0.2, 0.25) is 0 Å². The lowest BCUT2D eigenvalue weighted by Crippen LogP contribution is -2.13. The Labute approximate surface area is 104 Å². The average Bonchev–Trinajstić information content (AvgIpc) is 2.82. The Morgan fingerprint density at radius 3 is 2.71 bits per heavy atom. The fraction of sp³-hybridized carbons (Fsp3) is 0.636. The fourth-order valence-corrected chi connectivity index (χ4v) is 2.55. The lowest BCUT2D eigenvalue weighted by molar-refractivity contribution is 0.568. The molecule has 3 rings (SSSR count). The van der Waals surface area contributed by atoms with Crippen molar-refractivity contribution in [2.75, 3.05) is 0 Å². The second kappa shape index (κ2) is 3.60. The Bertz CT molecular complexity index is 532. The third-order valence-corrected chi connectivity index (χ3v) is 3.59. The number of hydrogen-bond donors (Lipinski definition) is 1. The molecule has 0 unspecified atom stereocenters. The van der Waals surface area contributed by atoms with Crippen LogP contribution in [0.25, 0.3) is 10.7 Å². The molecule has 0 bridgehead atoms. The molecule has 0 amide bonds. The summed E-state index contributed by atoms with van der Waals surface area (Å²) in [6, 6.07) is 0. The number of nitrogens with one attached hydrogen (secondary N) is 1. The minimum Gasteiger partial charge on any atom is -0.262 e. The summed E-state index contributed by atoms with van der Waals surface area (Å²) in [7, 11) is 0. The van der Waals surface area contributed by atoms with Crippen LogP contribution in [0.3, 0.4) is 0 Å². The number of hydrogen-bond acceptors (Lipinski definition) is 5. The third kappa shape index (κ3) is 1.97. The van der Waals surface area contributed by atoms with Gasteiger partial charge in [0.1, 0.15) is 10.7 Å². The van der Waals surface area contributed by atoms with Crippen molar-refractivity contribution in [2.45, 2.75) is 44.9 Å². The van der Waals surface area contributed by atoms with E-state index in [9.17, 15) is 0 Å². The molecule has 0 spiro atoms. The first kappa shape index (κ1) is 10.8. The SMILES string of the molecule is CC(C)(C)c1nnsc1-c1n[nH]c(C2CC2)n1. The zero-order chi connectivity index (χ0) is 12.0. The Balaban J connectivity index is 1.99. The molecule has 1 aliphatic rings. The predicted molar refractivity (Wildman–Crippen MR) is 66.0 cm³/mol. The largest absolute Gasteiger partial charge is 0.262 e. The summed E-state index contributed by atoms with van der Waals surface area (Å²) in [5.74, 6) is 2.34. The first-order valence-electron chi connectivity index (χ1n) is 5.81. The van der Waals surface area contributed by atoms with Crippen LogP contribution < -0.4 is 0 Å².